The number of nitrogens with zero attached hydrogens (tertiary/aromatic N) is 6. The number of hydrogen-bond donors (Lipinski definition) is 1. The number of guanidine groups is 1. The van der Waals surface area contributed by atoms with Crippen LogP contribution >= 0.6 is 0 Å². The first-order chi connectivity index (χ1) is 11.4. The van der Waals surface area contributed by atoms with E-state index in [2.05, 4.69) is 42.2 Å². The largest absolute Gasteiger partial charge is 0.364 e. The van der Waals surface area contributed by atoms with Gasteiger partial charge < -0.3 is 19.6 Å². The highest BCUT2D eigenvalue weighted by molar-refractivity contribution is 5.80. The van der Waals surface area contributed by atoms with E-state index in [9.17, 15) is 0 Å². The van der Waals surface area contributed by atoms with Crippen molar-refractivity contribution in [2.24, 2.45) is 4.99 Å². The van der Waals surface area contributed by atoms with E-state index in [1.54, 1.807) is 18.7 Å². The Labute approximate surface area is 135 Å². The molecule has 0 saturated carbocycles. The highest BCUT2D eigenvalue weighted by Gasteiger charge is 2.21. The van der Waals surface area contributed by atoms with Crippen molar-refractivity contribution in [1.29, 1.82) is 0 Å². The second kappa shape index (κ2) is 7.57. The van der Waals surface area contributed by atoms with Gasteiger partial charge >= 0.3 is 0 Å². The summed E-state index contributed by atoms with van der Waals surface area (Å²) < 4.78 is 4.84. The smallest absolute Gasteiger partial charge is 0.225 e. The van der Waals surface area contributed by atoms with Gasteiger partial charge in [0, 0.05) is 51.2 Å². The Morgan fingerprint density at radius 2 is 2.04 bits per heavy atom. The molecule has 0 unspecified atom stereocenters. The maximum atomic E-state index is 4.84. The molecule has 1 fully saturated rings. The molecule has 0 radical (unpaired) electrons. The van der Waals surface area contributed by atoms with Crippen LogP contribution in [0.1, 0.15) is 12.6 Å². The van der Waals surface area contributed by atoms with Gasteiger partial charge in [-0.05, 0) is 13.0 Å². The molecule has 0 aliphatic carbocycles. The predicted octanol–water partition coefficient (Wildman–Crippen LogP) is 0.752. The van der Waals surface area contributed by atoms with Gasteiger partial charge in [0.05, 0.1) is 6.54 Å². The summed E-state index contributed by atoms with van der Waals surface area (Å²) in [6, 6.07) is 3.66. The summed E-state index contributed by atoms with van der Waals surface area (Å²) in [4.78, 5) is 17.7. The second-order valence-corrected chi connectivity index (χ2v) is 5.18. The van der Waals surface area contributed by atoms with Crippen LogP contribution in [0.3, 0.4) is 0 Å². The summed E-state index contributed by atoms with van der Waals surface area (Å²) >= 11 is 0. The van der Waals surface area contributed by atoms with Crippen LogP contribution in [0.15, 0.2) is 40.3 Å². The van der Waals surface area contributed by atoms with Gasteiger partial charge in [-0.2, -0.15) is 0 Å². The van der Waals surface area contributed by atoms with E-state index >= 15 is 0 Å². The summed E-state index contributed by atoms with van der Waals surface area (Å²) in [5.41, 5.74) is 0.830. The van der Waals surface area contributed by atoms with E-state index in [1.807, 2.05) is 12.1 Å². The number of aliphatic imine (C=N–C) groups is 1. The normalized spacial score (nSPS) is 15.8. The van der Waals surface area contributed by atoms with Crippen molar-refractivity contribution in [2.75, 3.05) is 37.6 Å². The molecule has 1 saturated heterocycles. The standard InChI is InChI=1S/C15H21N7O/c1-2-16-14(19-12-13-4-11-23-20-13)21-7-9-22(10-8-21)15-17-5-3-6-18-15/h3-6,11H,2,7-10,12H2,1H3,(H,16,19). The van der Waals surface area contributed by atoms with E-state index in [4.69, 9.17) is 4.52 Å². The van der Waals surface area contributed by atoms with E-state index in [-0.39, 0.29) is 0 Å². The Balaban J connectivity index is 1.60. The molecular formula is C15H21N7O. The van der Waals surface area contributed by atoms with E-state index < -0.39 is 0 Å². The molecule has 0 aromatic carbocycles. The minimum Gasteiger partial charge on any atom is -0.364 e. The average Bonchev–Trinajstić information content (AvgIpc) is 3.13. The van der Waals surface area contributed by atoms with Gasteiger partial charge in [-0.1, -0.05) is 5.16 Å². The van der Waals surface area contributed by atoms with Crippen LogP contribution in [-0.2, 0) is 6.54 Å². The lowest BCUT2D eigenvalue weighted by molar-refractivity contribution is 0.369. The second-order valence-electron chi connectivity index (χ2n) is 5.18. The fourth-order valence-corrected chi connectivity index (χ4v) is 2.47. The van der Waals surface area contributed by atoms with Crippen LogP contribution in [0.4, 0.5) is 5.95 Å². The molecule has 1 N–H and O–H groups in total. The van der Waals surface area contributed by atoms with Crippen LogP contribution in [0.25, 0.3) is 0 Å². The topological polar surface area (TPSA) is 82.7 Å². The molecule has 122 valence electrons. The molecule has 3 heterocycles. The van der Waals surface area contributed by atoms with E-state index in [1.165, 1.54) is 0 Å². The molecule has 8 heteroatoms. The summed E-state index contributed by atoms with van der Waals surface area (Å²) in [6.07, 6.45) is 5.12. The van der Waals surface area contributed by atoms with Crippen LogP contribution in [0.5, 0.6) is 0 Å². The van der Waals surface area contributed by atoms with Crippen molar-refractivity contribution in [3.05, 3.63) is 36.5 Å². The number of anilines is 1. The summed E-state index contributed by atoms with van der Waals surface area (Å²) in [7, 11) is 0. The third-order valence-corrected chi connectivity index (χ3v) is 3.63. The maximum absolute atomic E-state index is 4.84. The fourth-order valence-electron chi connectivity index (χ4n) is 2.47. The molecule has 0 spiro atoms. The van der Waals surface area contributed by atoms with Gasteiger partial charge in [0.2, 0.25) is 5.95 Å². The van der Waals surface area contributed by atoms with Crippen LogP contribution < -0.4 is 10.2 Å². The quantitative estimate of drug-likeness (QED) is 0.658. The molecule has 2 aromatic heterocycles. The van der Waals surface area contributed by atoms with Gasteiger partial charge in [-0.25, -0.2) is 15.0 Å². The molecule has 0 bridgehead atoms. The van der Waals surface area contributed by atoms with Crippen molar-refractivity contribution in [1.82, 2.24) is 25.3 Å². The highest BCUT2D eigenvalue weighted by Crippen LogP contribution is 2.10. The number of rotatable bonds is 4. The third kappa shape index (κ3) is 3.97. The van der Waals surface area contributed by atoms with Crippen LogP contribution in [0.2, 0.25) is 0 Å². The monoisotopic (exact) mass is 315 g/mol. The Bertz CT molecular complexity index is 606. The minimum absolute atomic E-state index is 0.515. The molecule has 0 amide bonds. The molecule has 8 nitrogen and oxygen atoms in total. The summed E-state index contributed by atoms with van der Waals surface area (Å²) in [6.45, 7) is 6.92. The molecule has 1 aliphatic heterocycles. The molecular weight excluding hydrogens is 294 g/mol. The molecule has 23 heavy (non-hydrogen) atoms. The highest BCUT2D eigenvalue weighted by atomic mass is 16.5. The lowest BCUT2D eigenvalue weighted by Gasteiger charge is -2.36. The molecule has 2 aromatic rings. The first-order valence-corrected chi connectivity index (χ1v) is 7.81. The van der Waals surface area contributed by atoms with Crippen LogP contribution in [0, 0.1) is 0 Å². The number of piperazine rings is 1. The molecule has 1 aliphatic rings. The van der Waals surface area contributed by atoms with Gasteiger partial charge in [-0.3, -0.25) is 0 Å². The Hall–Kier alpha value is -2.64. The van der Waals surface area contributed by atoms with Crippen molar-refractivity contribution in [2.45, 2.75) is 13.5 Å². The van der Waals surface area contributed by atoms with Gasteiger partial charge in [0.1, 0.15) is 12.0 Å². The van der Waals surface area contributed by atoms with Gasteiger partial charge in [-0.15, -0.1) is 0 Å². The number of hydrogen-bond acceptors (Lipinski definition) is 6. The third-order valence-electron chi connectivity index (χ3n) is 3.63. The zero-order chi connectivity index (χ0) is 15.9. The molecule has 3 rings (SSSR count). The number of aromatic nitrogens is 3. The van der Waals surface area contributed by atoms with Crippen molar-refractivity contribution in [3.63, 3.8) is 0 Å². The summed E-state index contributed by atoms with van der Waals surface area (Å²) in [5, 5.41) is 7.23. The van der Waals surface area contributed by atoms with Crippen LogP contribution in [-0.4, -0.2) is 58.7 Å². The van der Waals surface area contributed by atoms with Crippen molar-refractivity contribution < 1.29 is 4.52 Å². The summed E-state index contributed by atoms with van der Waals surface area (Å²) in [5.74, 6) is 1.70. The Morgan fingerprint density at radius 3 is 2.70 bits per heavy atom. The zero-order valence-electron chi connectivity index (χ0n) is 13.2. The fraction of sp³-hybridized carbons (Fsp3) is 0.467. The SMILES string of the molecule is CCNC(=NCc1ccon1)N1CCN(c2ncccn2)CC1. The first kappa shape index (κ1) is 15.3. The Kier molecular flexibility index (Phi) is 5.02. The predicted molar refractivity (Wildman–Crippen MR) is 87.1 cm³/mol. The lowest BCUT2D eigenvalue weighted by atomic mass is 10.3. The lowest BCUT2D eigenvalue weighted by Crippen LogP contribution is -2.52. The Morgan fingerprint density at radius 1 is 1.26 bits per heavy atom. The number of nitrogens with one attached hydrogen (secondary N) is 1. The first-order valence-electron chi connectivity index (χ1n) is 7.81. The van der Waals surface area contributed by atoms with E-state index in [0.29, 0.717) is 6.54 Å². The average molecular weight is 315 g/mol. The van der Waals surface area contributed by atoms with E-state index in [0.717, 1.165) is 50.3 Å². The van der Waals surface area contributed by atoms with Gasteiger partial charge in [0.15, 0.2) is 5.96 Å². The zero-order valence-corrected chi connectivity index (χ0v) is 13.2. The molecule has 0 atom stereocenters. The minimum atomic E-state index is 0.515. The van der Waals surface area contributed by atoms with Crippen molar-refractivity contribution >= 4 is 11.9 Å². The van der Waals surface area contributed by atoms with Gasteiger partial charge in [0.25, 0.3) is 0 Å². The maximum Gasteiger partial charge on any atom is 0.225 e. The van der Waals surface area contributed by atoms with Crippen molar-refractivity contribution in [3.8, 4) is 0 Å².